The summed E-state index contributed by atoms with van der Waals surface area (Å²) in [6.07, 6.45) is 3.73. The number of aldehydes is 1. The Morgan fingerprint density at radius 3 is 1.75 bits per heavy atom. The summed E-state index contributed by atoms with van der Waals surface area (Å²) >= 11 is 0. The number of carbonyl (C=O) groups is 3. The fourth-order valence-electron chi connectivity index (χ4n) is 7.71. The van der Waals surface area contributed by atoms with E-state index in [0.29, 0.717) is 30.9 Å². The maximum absolute atomic E-state index is 13.5. The molecule has 1 saturated heterocycles. The van der Waals surface area contributed by atoms with Crippen LogP contribution in [0.5, 0.6) is 0 Å². The number of aromatic nitrogens is 1. The molecule has 264 valence electrons. The van der Waals surface area contributed by atoms with Gasteiger partial charge in [-0.05, 0) is 72.0 Å². The number of nitrogens with zero attached hydrogens (tertiary/aromatic N) is 3. The van der Waals surface area contributed by atoms with Gasteiger partial charge in [0.25, 0.3) is 0 Å². The fourth-order valence-corrected chi connectivity index (χ4v) is 7.71. The second-order valence-corrected chi connectivity index (χ2v) is 13.8. The van der Waals surface area contributed by atoms with E-state index >= 15 is 0 Å². The largest absolute Gasteiger partial charge is 0.346 e. The molecule has 1 fully saturated rings. The second-order valence-electron chi connectivity index (χ2n) is 13.8. The average molecular weight is 700 g/mol. The van der Waals surface area contributed by atoms with Crippen LogP contribution >= 0.6 is 0 Å². The van der Waals surface area contributed by atoms with E-state index in [2.05, 4.69) is 118 Å². The normalized spacial score (nSPS) is 15.4. The van der Waals surface area contributed by atoms with Crippen molar-refractivity contribution in [2.24, 2.45) is 0 Å². The van der Waals surface area contributed by atoms with Crippen molar-refractivity contribution in [3.63, 3.8) is 0 Å². The molecular weight excluding hydrogens is 659 g/mol. The Morgan fingerprint density at radius 1 is 0.717 bits per heavy atom. The van der Waals surface area contributed by atoms with E-state index in [9.17, 15) is 14.4 Å². The zero-order valence-corrected chi connectivity index (χ0v) is 29.7. The molecule has 2 heterocycles. The van der Waals surface area contributed by atoms with Crippen LogP contribution in [0.4, 0.5) is 21.9 Å². The molecule has 8 nitrogen and oxygen atoms in total. The maximum Gasteiger partial charge on any atom is 0.323 e. The number of pyridine rings is 1. The van der Waals surface area contributed by atoms with E-state index in [0.717, 1.165) is 33.5 Å². The van der Waals surface area contributed by atoms with Crippen molar-refractivity contribution in [2.45, 2.75) is 37.4 Å². The molecule has 5 aromatic carbocycles. The van der Waals surface area contributed by atoms with Gasteiger partial charge in [-0.25, -0.2) is 4.79 Å². The number of hydrogen-bond acceptors (Lipinski definition) is 6. The molecule has 7 rings (SSSR count). The lowest BCUT2D eigenvalue weighted by molar-refractivity contribution is -0.131. The molecule has 0 radical (unpaired) electrons. The Morgan fingerprint density at radius 2 is 1.23 bits per heavy atom. The van der Waals surface area contributed by atoms with Crippen LogP contribution in [-0.4, -0.2) is 46.2 Å². The molecule has 0 aliphatic carbocycles. The minimum atomic E-state index is -0.745. The summed E-state index contributed by atoms with van der Waals surface area (Å²) < 4.78 is 0. The number of carbonyl (C=O) groups excluding carboxylic acids is 3. The highest BCUT2D eigenvalue weighted by Crippen LogP contribution is 2.46. The minimum Gasteiger partial charge on any atom is -0.346 e. The SMILES string of the molecule is CC1(C)C(C(=O)C=O)N(c2ccc(C(c3ccccc3)(c3ccccc3)c3ccccc3)cc2)CN1Cc1ccncc1NC(=O)Nc1ccccc1. The van der Waals surface area contributed by atoms with Crippen LogP contribution in [0.1, 0.15) is 41.7 Å². The summed E-state index contributed by atoms with van der Waals surface area (Å²) in [7, 11) is 0. The summed E-state index contributed by atoms with van der Waals surface area (Å²) in [4.78, 5) is 47.0. The fraction of sp³-hybridized carbons (Fsp3) is 0.156. The summed E-state index contributed by atoms with van der Waals surface area (Å²) in [5, 5.41) is 5.78. The molecule has 0 spiro atoms. The third kappa shape index (κ3) is 6.84. The number of para-hydroxylation sites is 1. The predicted octanol–water partition coefficient (Wildman–Crippen LogP) is 8.30. The Labute approximate surface area is 310 Å². The Hall–Kier alpha value is -6.38. The second kappa shape index (κ2) is 15.1. The van der Waals surface area contributed by atoms with Gasteiger partial charge >= 0.3 is 6.03 Å². The number of ketones is 1. The van der Waals surface area contributed by atoms with Gasteiger partial charge in [0.15, 0.2) is 6.29 Å². The summed E-state index contributed by atoms with van der Waals surface area (Å²) in [6.45, 7) is 4.73. The molecule has 1 atom stereocenters. The first-order chi connectivity index (χ1) is 25.8. The van der Waals surface area contributed by atoms with Crippen molar-refractivity contribution >= 4 is 35.2 Å². The molecule has 6 aromatic rings. The van der Waals surface area contributed by atoms with Crippen LogP contribution in [0.15, 0.2) is 164 Å². The topological polar surface area (TPSA) is 94.6 Å². The van der Waals surface area contributed by atoms with Crippen LogP contribution in [0.25, 0.3) is 0 Å². The highest BCUT2D eigenvalue weighted by molar-refractivity contribution is 6.29. The van der Waals surface area contributed by atoms with Gasteiger partial charge in [0.05, 0.1) is 24.0 Å². The predicted molar refractivity (Wildman–Crippen MR) is 210 cm³/mol. The highest BCUT2D eigenvalue weighted by atomic mass is 16.2. The van der Waals surface area contributed by atoms with Crippen molar-refractivity contribution in [1.82, 2.24) is 9.88 Å². The molecule has 1 aromatic heterocycles. The van der Waals surface area contributed by atoms with Crippen LogP contribution in [-0.2, 0) is 21.5 Å². The molecule has 1 aliphatic rings. The Kier molecular flexibility index (Phi) is 9.97. The quantitative estimate of drug-likeness (QED) is 0.0803. The molecular formula is C45H41N5O3. The van der Waals surface area contributed by atoms with Gasteiger partial charge in [-0.15, -0.1) is 0 Å². The van der Waals surface area contributed by atoms with Crippen molar-refractivity contribution in [3.8, 4) is 0 Å². The number of anilines is 3. The first-order valence-electron chi connectivity index (χ1n) is 17.7. The van der Waals surface area contributed by atoms with Gasteiger partial charge < -0.3 is 15.5 Å². The van der Waals surface area contributed by atoms with E-state index in [1.165, 1.54) is 0 Å². The molecule has 1 unspecified atom stereocenters. The Balaban J connectivity index is 1.23. The van der Waals surface area contributed by atoms with Crippen molar-refractivity contribution < 1.29 is 14.4 Å². The lowest BCUT2D eigenvalue weighted by atomic mass is 9.65. The third-order valence-corrected chi connectivity index (χ3v) is 10.3. The van der Waals surface area contributed by atoms with Gasteiger partial charge in [0, 0.05) is 29.7 Å². The smallest absolute Gasteiger partial charge is 0.323 e. The maximum atomic E-state index is 13.5. The van der Waals surface area contributed by atoms with Gasteiger partial charge in [-0.3, -0.25) is 19.5 Å². The van der Waals surface area contributed by atoms with Gasteiger partial charge in [-0.2, -0.15) is 0 Å². The van der Waals surface area contributed by atoms with Crippen LogP contribution < -0.4 is 15.5 Å². The zero-order chi connectivity index (χ0) is 36.8. The number of benzene rings is 5. The summed E-state index contributed by atoms with van der Waals surface area (Å²) in [5.41, 5.74) is 5.97. The van der Waals surface area contributed by atoms with E-state index in [-0.39, 0.29) is 6.03 Å². The van der Waals surface area contributed by atoms with Crippen LogP contribution in [0, 0.1) is 0 Å². The van der Waals surface area contributed by atoms with Crippen LogP contribution in [0.3, 0.4) is 0 Å². The number of hydrogen-bond donors (Lipinski definition) is 2. The third-order valence-electron chi connectivity index (χ3n) is 10.3. The minimum absolute atomic E-state index is 0.371. The number of Topliss-reactive ketones (excluding diaryl/α,β-unsaturated/α-hetero) is 1. The Bertz CT molecular complexity index is 2080. The lowest BCUT2D eigenvalue weighted by Gasteiger charge is -2.37. The summed E-state index contributed by atoms with van der Waals surface area (Å²) in [5.74, 6) is -0.496. The lowest BCUT2D eigenvalue weighted by Crippen LogP contribution is -2.51. The zero-order valence-electron chi connectivity index (χ0n) is 29.7. The van der Waals surface area contributed by atoms with Crippen molar-refractivity contribution in [1.29, 1.82) is 0 Å². The number of nitrogens with one attached hydrogen (secondary N) is 2. The number of rotatable bonds is 11. The average Bonchev–Trinajstić information content (AvgIpc) is 3.46. The van der Waals surface area contributed by atoms with Gasteiger partial charge in [-0.1, -0.05) is 121 Å². The monoisotopic (exact) mass is 699 g/mol. The van der Waals surface area contributed by atoms with E-state index in [4.69, 9.17) is 0 Å². The molecule has 0 saturated carbocycles. The number of amides is 2. The highest BCUT2D eigenvalue weighted by Gasteiger charge is 2.50. The molecule has 53 heavy (non-hydrogen) atoms. The first kappa shape index (κ1) is 35.0. The molecule has 8 heteroatoms. The van der Waals surface area contributed by atoms with E-state index in [1.54, 1.807) is 12.4 Å². The van der Waals surface area contributed by atoms with Gasteiger partial charge in [0.1, 0.15) is 6.04 Å². The van der Waals surface area contributed by atoms with Crippen molar-refractivity contribution in [2.75, 3.05) is 22.2 Å². The molecule has 0 bridgehead atoms. The van der Waals surface area contributed by atoms with E-state index in [1.807, 2.05) is 73.3 Å². The molecule has 2 N–H and O–H groups in total. The standard InChI is InChI=1S/C45H41N5O3/c1-44(2)42(41(52)31-51)50(32-49(44)30-33-27-28-46-29-40(33)48-43(53)47-38-21-13-6-14-22-38)39-25-23-37(24-26-39)45(34-15-7-3-8-16-34,35-17-9-4-10-18-35)36-19-11-5-12-20-36/h3-29,31,42H,30,32H2,1-2H3,(H2,47,48,53). The number of urea groups is 1. The molecule has 2 amide bonds. The van der Waals surface area contributed by atoms with Crippen molar-refractivity contribution in [3.05, 3.63) is 192 Å². The van der Waals surface area contributed by atoms with Gasteiger partial charge in [0.2, 0.25) is 5.78 Å². The summed E-state index contributed by atoms with van der Waals surface area (Å²) in [6, 6.07) is 49.8. The first-order valence-corrected chi connectivity index (χ1v) is 17.7. The molecule has 1 aliphatic heterocycles. The van der Waals surface area contributed by atoms with Crippen LogP contribution in [0.2, 0.25) is 0 Å². The van der Waals surface area contributed by atoms with E-state index < -0.39 is 22.8 Å².